The molecule has 0 heterocycles. The molecule has 0 spiro atoms. The summed E-state index contributed by atoms with van der Waals surface area (Å²) in [4.78, 5) is 0. The van der Waals surface area contributed by atoms with Gasteiger partial charge in [0.1, 0.15) is 0 Å². The van der Waals surface area contributed by atoms with Crippen LogP contribution in [0.5, 0.6) is 0 Å². The van der Waals surface area contributed by atoms with E-state index in [-0.39, 0.29) is 19.6 Å². The number of nitrogens with two attached hydrogens (primary N) is 1. The van der Waals surface area contributed by atoms with Gasteiger partial charge in [0.05, 0.1) is 12.7 Å². The van der Waals surface area contributed by atoms with Crippen LogP contribution in [0.25, 0.3) is 0 Å². The van der Waals surface area contributed by atoms with Gasteiger partial charge in [-0.15, -0.1) is 0 Å². The predicted molar refractivity (Wildman–Crippen MR) is 50.9 cm³/mol. The highest BCUT2D eigenvalue weighted by molar-refractivity contribution is 4.76. The van der Waals surface area contributed by atoms with Gasteiger partial charge in [-0.05, 0) is 13.3 Å². The maximum Gasteiger partial charge on any atom is 0.423 e. The zero-order chi connectivity index (χ0) is 14.4. The second kappa shape index (κ2) is 7.15. The van der Waals surface area contributed by atoms with E-state index in [1.807, 2.05) is 0 Å². The van der Waals surface area contributed by atoms with Crippen LogP contribution in [-0.2, 0) is 9.47 Å². The van der Waals surface area contributed by atoms with Gasteiger partial charge in [-0.25, -0.2) is 0 Å². The number of halogens is 6. The van der Waals surface area contributed by atoms with Crippen molar-refractivity contribution >= 4 is 0 Å². The molecule has 0 saturated carbocycles. The number of ether oxygens (including phenoxy) is 2. The fourth-order valence-electron chi connectivity index (χ4n) is 1.20. The van der Waals surface area contributed by atoms with Gasteiger partial charge in [-0.3, -0.25) is 0 Å². The summed E-state index contributed by atoms with van der Waals surface area (Å²) in [6.45, 7) is 1.17. The summed E-state index contributed by atoms with van der Waals surface area (Å²) in [5.74, 6) is 0. The number of rotatable bonds is 7. The molecule has 110 valence electrons. The molecule has 9 heteroatoms. The SMILES string of the molecule is CCOC(CN)CCOC(C(F)(F)F)C(F)(F)F. The van der Waals surface area contributed by atoms with Gasteiger partial charge in [-0.2, -0.15) is 26.3 Å². The van der Waals surface area contributed by atoms with Gasteiger partial charge in [0.2, 0.25) is 6.10 Å². The third-order valence-electron chi connectivity index (χ3n) is 1.98. The lowest BCUT2D eigenvalue weighted by atomic mass is 10.2. The second-order valence-corrected chi connectivity index (χ2v) is 3.44. The molecule has 0 radical (unpaired) electrons. The topological polar surface area (TPSA) is 44.5 Å². The Bertz CT molecular complexity index is 216. The van der Waals surface area contributed by atoms with E-state index in [1.165, 1.54) is 0 Å². The molecule has 1 atom stereocenters. The Morgan fingerprint density at radius 2 is 1.50 bits per heavy atom. The summed E-state index contributed by atoms with van der Waals surface area (Å²) < 4.78 is 81.3. The summed E-state index contributed by atoms with van der Waals surface area (Å²) in [5.41, 5.74) is 5.22. The monoisotopic (exact) mass is 283 g/mol. The van der Waals surface area contributed by atoms with Crippen LogP contribution in [0.2, 0.25) is 0 Å². The average Bonchev–Trinajstić information content (AvgIpc) is 2.18. The van der Waals surface area contributed by atoms with Crippen molar-refractivity contribution in [3.63, 3.8) is 0 Å². The first-order chi connectivity index (χ1) is 8.12. The Labute approximate surface area is 100 Å². The van der Waals surface area contributed by atoms with Crippen LogP contribution in [-0.4, -0.2) is 44.3 Å². The molecule has 0 amide bonds. The van der Waals surface area contributed by atoms with E-state index in [0.29, 0.717) is 0 Å². The van der Waals surface area contributed by atoms with Crippen molar-refractivity contribution in [2.75, 3.05) is 19.8 Å². The molecular weight excluding hydrogens is 268 g/mol. The first-order valence-electron chi connectivity index (χ1n) is 5.19. The van der Waals surface area contributed by atoms with Crippen molar-refractivity contribution in [2.24, 2.45) is 5.73 Å². The van der Waals surface area contributed by atoms with E-state index in [2.05, 4.69) is 4.74 Å². The highest BCUT2D eigenvalue weighted by Crippen LogP contribution is 2.35. The quantitative estimate of drug-likeness (QED) is 0.729. The smallest absolute Gasteiger partial charge is 0.377 e. The van der Waals surface area contributed by atoms with E-state index >= 15 is 0 Å². The molecule has 0 aromatic rings. The van der Waals surface area contributed by atoms with Gasteiger partial charge < -0.3 is 15.2 Å². The van der Waals surface area contributed by atoms with Gasteiger partial charge in [0.15, 0.2) is 0 Å². The van der Waals surface area contributed by atoms with Crippen molar-refractivity contribution in [3.05, 3.63) is 0 Å². The van der Waals surface area contributed by atoms with E-state index in [1.54, 1.807) is 6.92 Å². The maximum absolute atomic E-state index is 12.1. The van der Waals surface area contributed by atoms with Gasteiger partial charge in [0, 0.05) is 13.2 Å². The molecule has 0 aliphatic heterocycles. The highest BCUT2D eigenvalue weighted by Gasteiger charge is 2.57. The summed E-state index contributed by atoms with van der Waals surface area (Å²) in [6, 6.07) is 0. The first kappa shape index (κ1) is 17.5. The van der Waals surface area contributed by atoms with Crippen molar-refractivity contribution in [3.8, 4) is 0 Å². The van der Waals surface area contributed by atoms with E-state index < -0.39 is 31.2 Å². The number of hydrogen-bond donors (Lipinski definition) is 1. The zero-order valence-electron chi connectivity index (χ0n) is 9.64. The largest absolute Gasteiger partial charge is 0.423 e. The van der Waals surface area contributed by atoms with Crippen molar-refractivity contribution in [1.82, 2.24) is 0 Å². The Morgan fingerprint density at radius 3 is 1.83 bits per heavy atom. The normalized spacial score (nSPS) is 15.2. The molecule has 0 rings (SSSR count). The fourth-order valence-corrected chi connectivity index (χ4v) is 1.20. The minimum atomic E-state index is -5.48. The third-order valence-corrected chi connectivity index (χ3v) is 1.98. The van der Waals surface area contributed by atoms with Crippen molar-refractivity contribution in [2.45, 2.75) is 37.9 Å². The molecule has 0 aliphatic carbocycles. The highest BCUT2D eigenvalue weighted by atomic mass is 19.4. The van der Waals surface area contributed by atoms with E-state index in [4.69, 9.17) is 10.5 Å². The molecule has 18 heavy (non-hydrogen) atoms. The van der Waals surface area contributed by atoms with Crippen LogP contribution in [0.4, 0.5) is 26.3 Å². The standard InChI is InChI=1S/C9H15F6NO2/c1-2-17-6(5-16)3-4-18-7(8(10,11)12)9(13,14)15/h6-7H,2-5,16H2,1H3. The van der Waals surface area contributed by atoms with E-state index in [9.17, 15) is 26.3 Å². The minimum absolute atomic E-state index is 0.0000968. The molecule has 2 N–H and O–H groups in total. The molecular formula is C9H15F6NO2. The Kier molecular flexibility index (Phi) is 6.93. The number of hydrogen-bond acceptors (Lipinski definition) is 3. The summed E-state index contributed by atoms with van der Waals surface area (Å²) in [7, 11) is 0. The molecule has 0 aromatic carbocycles. The summed E-state index contributed by atoms with van der Waals surface area (Å²) in [6.07, 6.45) is -15.5. The van der Waals surface area contributed by atoms with Crippen LogP contribution in [0.1, 0.15) is 13.3 Å². The maximum atomic E-state index is 12.1. The second-order valence-electron chi connectivity index (χ2n) is 3.44. The fraction of sp³-hybridized carbons (Fsp3) is 1.00. The van der Waals surface area contributed by atoms with Crippen molar-refractivity contribution < 1.29 is 35.8 Å². The lowest BCUT2D eigenvalue weighted by Gasteiger charge is -2.24. The molecule has 0 aromatic heterocycles. The van der Waals surface area contributed by atoms with Crippen molar-refractivity contribution in [1.29, 1.82) is 0 Å². The van der Waals surface area contributed by atoms with Gasteiger partial charge in [0.25, 0.3) is 0 Å². The lowest BCUT2D eigenvalue weighted by Crippen LogP contribution is -2.44. The lowest BCUT2D eigenvalue weighted by molar-refractivity contribution is -0.322. The minimum Gasteiger partial charge on any atom is -0.377 e. The Hall–Kier alpha value is -0.540. The van der Waals surface area contributed by atoms with Crippen LogP contribution < -0.4 is 5.73 Å². The molecule has 0 saturated heterocycles. The molecule has 0 bridgehead atoms. The van der Waals surface area contributed by atoms with Crippen LogP contribution in [0.15, 0.2) is 0 Å². The number of alkyl halides is 6. The van der Waals surface area contributed by atoms with Gasteiger partial charge >= 0.3 is 12.4 Å². The summed E-state index contributed by atoms with van der Waals surface area (Å²) >= 11 is 0. The van der Waals surface area contributed by atoms with Crippen LogP contribution in [0.3, 0.4) is 0 Å². The summed E-state index contributed by atoms with van der Waals surface area (Å²) in [5, 5.41) is 0. The van der Waals surface area contributed by atoms with Gasteiger partial charge in [-0.1, -0.05) is 0 Å². The predicted octanol–water partition coefficient (Wildman–Crippen LogP) is 2.25. The third kappa shape index (κ3) is 6.41. The van der Waals surface area contributed by atoms with Crippen LogP contribution >= 0.6 is 0 Å². The van der Waals surface area contributed by atoms with E-state index in [0.717, 1.165) is 0 Å². The molecule has 0 aliphatic rings. The first-order valence-corrected chi connectivity index (χ1v) is 5.19. The Balaban J connectivity index is 4.29. The molecule has 3 nitrogen and oxygen atoms in total. The zero-order valence-corrected chi connectivity index (χ0v) is 9.64. The van der Waals surface area contributed by atoms with Crippen LogP contribution in [0, 0.1) is 0 Å². The Morgan fingerprint density at radius 1 is 1.00 bits per heavy atom. The molecule has 0 fully saturated rings. The average molecular weight is 283 g/mol. The molecule has 1 unspecified atom stereocenters.